The van der Waals surface area contributed by atoms with Crippen molar-refractivity contribution < 1.29 is 14.3 Å². The van der Waals surface area contributed by atoms with E-state index >= 15 is 0 Å². The van der Waals surface area contributed by atoms with Gasteiger partial charge in [-0.1, -0.05) is 43.5 Å². The highest BCUT2D eigenvalue weighted by Gasteiger charge is 2.26. The van der Waals surface area contributed by atoms with Crippen molar-refractivity contribution in [2.75, 3.05) is 23.4 Å². The Bertz CT molecular complexity index is 1280. The Labute approximate surface area is 224 Å². The van der Waals surface area contributed by atoms with Crippen LogP contribution in [0.4, 0.5) is 5.69 Å². The van der Waals surface area contributed by atoms with E-state index in [1.165, 1.54) is 4.68 Å². The van der Waals surface area contributed by atoms with Gasteiger partial charge >= 0.3 is 0 Å². The summed E-state index contributed by atoms with van der Waals surface area (Å²) in [5, 5.41) is 11.0. The Morgan fingerprint density at radius 1 is 1.25 bits per heavy atom. The third-order valence-electron chi connectivity index (χ3n) is 5.85. The van der Waals surface area contributed by atoms with Gasteiger partial charge in [0.05, 0.1) is 16.3 Å². The second-order valence-electron chi connectivity index (χ2n) is 8.69. The van der Waals surface area contributed by atoms with Crippen LogP contribution >= 0.6 is 35.0 Å². The lowest BCUT2D eigenvalue weighted by atomic mass is 10.1. The molecule has 1 unspecified atom stereocenters. The molecule has 3 aromatic rings. The first kappa shape index (κ1) is 26.3. The van der Waals surface area contributed by atoms with Crippen molar-refractivity contribution in [3.63, 3.8) is 0 Å². The van der Waals surface area contributed by atoms with E-state index < -0.39 is 5.91 Å². The second kappa shape index (κ2) is 11.5. The number of aryl methyl sites for hydroxylation is 1. The van der Waals surface area contributed by atoms with Crippen LogP contribution in [0, 0.1) is 12.8 Å². The number of amides is 2. The van der Waals surface area contributed by atoms with E-state index in [1.807, 2.05) is 0 Å². The lowest BCUT2D eigenvalue weighted by Crippen LogP contribution is -2.31. The summed E-state index contributed by atoms with van der Waals surface area (Å²) in [5.74, 6) is 1.81. The fourth-order valence-electron chi connectivity index (χ4n) is 3.50. The molecule has 1 fully saturated rings. The fourth-order valence-corrected chi connectivity index (χ4v) is 4.54. The molecule has 4 rings (SSSR count). The molecule has 36 heavy (non-hydrogen) atoms. The van der Waals surface area contributed by atoms with Crippen molar-refractivity contribution in [2.24, 2.45) is 5.92 Å². The molecule has 0 aliphatic carbocycles. The summed E-state index contributed by atoms with van der Waals surface area (Å²) in [4.78, 5) is 30.9. The number of benzene rings is 1. The van der Waals surface area contributed by atoms with E-state index in [0.717, 1.165) is 17.9 Å². The van der Waals surface area contributed by atoms with Gasteiger partial charge in [-0.2, -0.15) is 11.8 Å². The monoisotopic (exact) mass is 547 g/mol. The van der Waals surface area contributed by atoms with Crippen LogP contribution < -0.4 is 15.4 Å². The molecule has 1 aliphatic heterocycles. The summed E-state index contributed by atoms with van der Waals surface area (Å²) in [6, 6.07) is 8.15. The molecule has 8 nitrogen and oxygen atoms in total. The van der Waals surface area contributed by atoms with E-state index in [9.17, 15) is 9.59 Å². The molecular formula is C25H27Cl2N5O3S. The minimum Gasteiger partial charge on any atom is -0.472 e. The number of hydrogen-bond acceptors (Lipinski definition) is 6. The lowest BCUT2D eigenvalue weighted by Gasteiger charge is -2.24. The topological polar surface area (TPSA) is 98.1 Å². The van der Waals surface area contributed by atoms with Crippen molar-refractivity contribution in [1.29, 1.82) is 0 Å². The van der Waals surface area contributed by atoms with Crippen molar-refractivity contribution >= 4 is 52.5 Å². The van der Waals surface area contributed by atoms with Gasteiger partial charge in [-0.15, -0.1) is 5.10 Å². The van der Waals surface area contributed by atoms with Crippen molar-refractivity contribution in [3.05, 3.63) is 63.4 Å². The van der Waals surface area contributed by atoms with Crippen LogP contribution in [0.2, 0.25) is 10.0 Å². The maximum atomic E-state index is 13.6. The number of aromatic nitrogens is 3. The van der Waals surface area contributed by atoms with Gasteiger partial charge in [-0.25, -0.2) is 9.67 Å². The molecule has 190 valence electrons. The Kier molecular flexibility index (Phi) is 8.43. The lowest BCUT2D eigenvalue weighted by molar-refractivity contribution is 0.0948. The highest BCUT2D eigenvalue weighted by atomic mass is 35.5. The minimum absolute atomic E-state index is 0.0350. The standard InChI is InChI=1S/C25H27Cl2N5O3S/c1-4-14(2)11-29-24(33)18-9-16(26)8-15(3)22(18)30-25(34)20-10-21(35-17-12-36-13-17)31-32(20)23-19(27)6-5-7-28-23/h5-10,14,17H,4,11-13H2,1-3H3,(H,29,33)(H,30,34). The molecule has 11 heteroatoms. The first-order valence-electron chi connectivity index (χ1n) is 11.6. The predicted octanol–water partition coefficient (Wildman–Crippen LogP) is 5.40. The summed E-state index contributed by atoms with van der Waals surface area (Å²) in [6.07, 6.45) is 2.53. The SMILES string of the molecule is CCC(C)CNC(=O)c1cc(Cl)cc(C)c1NC(=O)c1cc(OC2CSC2)nn1-c1ncccc1Cl. The highest BCUT2D eigenvalue weighted by Crippen LogP contribution is 2.29. The average molecular weight is 548 g/mol. The Hall–Kier alpha value is -2.75. The molecule has 1 aliphatic rings. The summed E-state index contributed by atoms with van der Waals surface area (Å²) in [5.41, 5.74) is 1.46. The van der Waals surface area contributed by atoms with Crippen LogP contribution in [-0.2, 0) is 0 Å². The number of ether oxygens (including phenoxy) is 1. The van der Waals surface area contributed by atoms with Crippen LogP contribution in [0.3, 0.4) is 0 Å². The molecule has 2 N–H and O–H groups in total. The number of rotatable bonds is 9. The van der Waals surface area contributed by atoms with Crippen LogP contribution in [0.5, 0.6) is 5.88 Å². The third-order valence-corrected chi connectivity index (χ3v) is 7.57. The Morgan fingerprint density at radius 2 is 2.03 bits per heavy atom. The van der Waals surface area contributed by atoms with E-state index in [4.69, 9.17) is 27.9 Å². The first-order valence-corrected chi connectivity index (χ1v) is 13.5. The Morgan fingerprint density at radius 3 is 2.69 bits per heavy atom. The molecule has 0 saturated carbocycles. The van der Waals surface area contributed by atoms with Crippen LogP contribution in [-0.4, -0.2) is 50.7 Å². The van der Waals surface area contributed by atoms with Crippen LogP contribution in [0.25, 0.3) is 5.82 Å². The molecule has 3 heterocycles. The number of thioether (sulfide) groups is 1. The zero-order valence-electron chi connectivity index (χ0n) is 20.2. The smallest absolute Gasteiger partial charge is 0.274 e. The highest BCUT2D eigenvalue weighted by molar-refractivity contribution is 8.00. The molecular weight excluding hydrogens is 521 g/mol. The molecule has 1 saturated heterocycles. The van der Waals surface area contributed by atoms with Crippen molar-refractivity contribution in [1.82, 2.24) is 20.1 Å². The second-order valence-corrected chi connectivity index (χ2v) is 10.6. The molecule has 0 radical (unpaired) electrons. The molecule has 0 spiro atoms. The average Bonchev–Trinajstić information content (AvgIpc) is 3.25. The van der Waals surface area contributed by atoms with Crippen LogP contribution in [0.1, 0.15) is 46.7 Å². The molecule has 1 atom stereocenters. The van der Waals surface area contributed by atoms with E-state index in [1.54, 1.807) is 55.2 Å². The number of pyridine rings is 1. The van der Waals surface area contributed by atoms with Gasteiger partial charge in [-0.3, -0.25) is 9.59 Å². The number of carbonyl (C=O) groups excluding carboxylic acids is 2. The number of nitrogens with zero attached hydrogens (tertiary/aromatic N) is 3. The van der Waals surface area contributed by atoms with Gasteiger partial charge in [0, 0.05) is 35.3 Å². The molecule has 0 bridgehead atoms. The molecule has 1 aromatic carbocycles. The van der Waals surface area contributed by atoms with Gasteiger partial charge in [0.2, 0.25) is 5.88 Å². The van der Waals surface area contributed by atoms with E-state index in [2.05, 4.69) is 34.6 Å². The number of halogens is 2. The van der Waals surface area contributed by atoms with Gasteiger partial charge in [0.25, 0.3) is 11.8 Å². The minimum atomic E-state index is -0.497. The fraction of sp³-hybridized carbons (Fsp3) is 0.360. The normalized spacial score (nSPS) is 14.1. The van der Waals surface area contributed by atoms with Crippen molar-refractivity contribution in [3.8, 4) is 11.7 Å². The summed E-state index contributed by atoms with van der Waals surface area (Å²) >= 11 is 14.4. The predicted molar refractivity (Wildman–Crippen MR) is 144 cm³/mol. The first-order chi connectivity index (χ1) is 17.3. The third kappa shape index (κ3) is 5.96. The largest absolute Gasteiger partial charge is 0.472 e. The Balaban J connectivity index is 1.67. The van der Waals surface area contributed by atoms with Gasteiger partial charge in [0.15, 0.2) is 5.82 Å². The number of nitrogens with one attached hydrogen (secondary N) is 2. The maximum Gasteiger partial charge on any atom is 0.274 e. The maximum absolute atomic E-state index is 13.6. The van der Waals surface area contributed by atoms with Crippen molar-refractivity contribution in [2.45, 2.75) is 33.3 Å². The van der Waals surface area contributed by atoms with Gasteiger partial charge < -0.3 is 15.4 Å². The zero-order chi connectivity index (χ0) is 25.8. The quantitative estimate of drug-likeness (QED) is 0.372. The number of carbonyl (C=O) groups is 2. The van der Waals surface area contributed by atoms with E-state index in [-0.39, 0.29) is 23.3 Å². The molecule has 2 aromatic heterocycles. The van der Waals surface area contributed by atoms with E-state index in [0.29, 0.717) is 45.5 Å². The summed E-state index contributed by atoms with van der Waals surface area (Å²) in [6.45, 7) is 6.41. The van der Waals surface area contributed by atoms with Crippen LogP contribution in [0.15, 0.2) is 36.5 Å². The number of anilines is 1. The summed E-state index contributed by atoms with van der Waals surface area (Å²) in [7, 11) is 0. The zero-order valence-corrected chi connectivity index (χ0v) is 22.5. The van der Waals surface area contributed by atoms with Gasteiger partial charge in [0.1, 0.15) is 11.8 Å². The summed E-state index contributed by atoms with van der Waals surface area (Å²) < 4.78 is 7.27. The molecule has 2 amide bonds. The number of hydrogen-bond donors (Lipinski definition) is 2. The van der Waals surface area contributed by atoms with Gasteiger partial charge in [-0.05, 0) is 42.7 Å².